The van der Waals surface area contributed by atoms with Gasteiger partial charge in [-0.3, -0.25) is 4.79 Å². The maximum atomic E-state index is 11.9. The fourth-order valence-electron chi connectivity index (χ4n) is 2.57. The third kappa shape index (κ3) is 11.1. The number of nitrogens with one attached hydrogen (secondary N) is 1. The average Bonchev–Trinajstić information content (AvgIpc) is 2.53. The number of rotatable bonds is 12. The molecular formula is C19H33ClN2O. The predicted octanol–water partition coefficient (Wildman–Crippen LogP) is 1.17. The van der Waals surface area contributed by atoms with Gasteiger partial charge in [0.05, 0.1) is 5.56 Å². The fourth-order valence-corrected chi connectivity index (χ4v) is 2.57. The molecule has 0 aliphatic rings. The molecule has 0 saturated heterocycles. The quantitative estimate of drug-likeness (QED) is 0.449. The van der Waals surface area contributed by atoms with E-state index in [2.05, 4.69) is 12.2 Å². The van der Waals surface area contributed by atoms with E-state index in [9.17, 15) is 4.79 Å². The highest BCUT2D eigenvalue weighted by Gasteiger charge is 2.05. The second-order valence-corrected chi connectivity index (χ2v) is 6.19. The molecule has 0 fully saturated rings. The van der Waals surface area contributed by atoms with E-state index in [0.29, 0.717) is 0 Å². The Balaban J connectivity index is 0.00000484. The van der Waals surface area contributed by atoms with Gasteiger partial charge in [0.15, 0.2) is 12.4 Å². The molecule has 1 heterocycles. The molecule has 0 unspecified atom stereocenters. The largest absolute Gasteiger partial charge is 1.00 e. The van der Waals surface area contributed by atoms with Gasteiger partial charge in [-0.05, 0) is 6.42 Å². The lowest BCUT2D eigenvalue weighted by molar-refractivity contribution is -0.671. The highest BCUT2D eigenvalue weighted by atomic mass is 35.5. The Bertz CT molecular complexity index is 406. The Morgan fingerprint density at radius 1 is 0.913 bits per heavy atom. The maximum absolute atomic E-state index is 11.9. The first-order valence-electron chi connectivity index (χ1n) is 8.97. The number of nitrogens with zero attached hydrogens (tertiary/aromatic N) is 1. The predicted molar refractivity (Wildman–Crippen MR) is 91.8 cm³/mol. The van der Waals surface area contributed by atoms with Crippen molar-refractivity contribution in [3.63, 3.8) is 0 Å². The third-order valence-electron chi connectivity index (χ3n) is 4.06. The number of amides is 1. The van der Waals surface area contributed by atoms with Crippen molar-refractivity contribution in [2.45, 2.75) is 71.1 Å². The number of carbonyl (C=O) groups excluding carboxylic acids is 1. The summed E-state index contributed by atoms with van der Waals surface area (Å²) in [4.78, 5) is 11.9. The molecule has 1 amide bonds. The molecule has 0 aromatic carbocycles. The molecule has 1 rings (SSSR count). The Morgan fingerprint density at radius 2 is 1.39 bits per heavy atom. The van der Waals surface area contributed by atoms with Crippen LogP contribution < -0.4 is 22.3 Å². The van der Waals surface area contributed by atoms with Gasteiger partial charge in [0.1, 0.15) is 7.05 Å². The highest BCUT2D eigenvalue weighted by Crippen LogP contribution is 2.10. The fraction of sp³-hybridized carbons (Fsp3) is 0.684. The van der Waals surface area contributed by atoms with Crippen LogP contribution in [0.3, 0.4) is 0 Å². The van der Waals surface area contributed by atoms with Crippen LogP contribution in [-0.2, 0) is 7.05 Å². The lowest BCUT2D eigenvalue weighted by Crippen LogP contribution is -3.00. The SMILES string of the molecule is CCCCCCCCCCCCNC(=O)c1cc[n+](C)cc1.[Cl-]. The monoisotopic (exact) mass is 340 g/mol. The third-order valence-corrected chi connectivity index (χ3v) is 4.06. The molecule has 0 atom stereocenters. The van der Waals surface area contributed by atoms with Crippen LogP contribution in [0.15, 0.2) is 24.5 Å². The Hall–Kier alpha value is -1.09. The summed E-state index contributed by atoms with van der Waals surface area (Å²) in [5, 5.41) is 3.00. The standard InChI is InChI=1S/C19H32N2O.ClH/c1-3-4-5-6-7-8-9-10-11-12-15-20-19(22)18-13-16-21(2)17-14-18;/h13-14,16-17H,3-12,15H2,1-2H3;1H. The molecule has 0 saturated carbocycles. The number of pyridine rings is 1. The van der Waals surface area contributed by atoms with E-state index in [1.165, 1.54) is 57.8 Å². The van der Waals surface area contributed by atoms with Crippen LogP contribution in [0.5, 0.6) is 0 Å². The number of aromatic nitrogens is 1. The van der Waals surface area contributed by atoms with Crippen LogP contribution in [0.2, 0.25) is 0 Å². The van der Waals surface area contributed by atoms with E-state index in [4.69, 9.17) is 0 Å². The smallest absolute Gasteiger partial charge is 0.251 e. The van der Waals surface area contributed by atoms with Gasteiger partial charge in [-0.25, -0.2) is 4.57 Å². The molecule has 23 heavy (non-hydrogen) atoms. The van der Waals surface area contributed by atoms with E-state index >= 15 is 0 Å². The van der Waals surface area contributed by atoms with Crippen molar-refractivity contribution in [1.82, 2.24) is 5.32 Å². The van der Waals surface area contributed by atoms with Crippen LogP contribution in [0.4, 0.5) is 0 Å². The van der Waals surface area contributed by atoms with Crippen molar-refractivity contribution in [3.8, 4) is 0 Å². The highest BCUT2D eigenvalue weighted by molar-refractivity contribution is 5.93. The molecule has 132 valence electrons. The molecule has 0 spiro atoms. The van der Waals surface area contributed by atoms with E-state index in [1.54, 1.807) is 0 Å². The van der Waals surface area contributed by atoms with Gasteiger partial charge >= 0.3 is 0 Å². The Morgan fingerprint density at radius 3 is 1.91 bits per heavy atom. The van der Waals surface area contributed by atoms with Crippen LogP contribution in [-0.4, -0.2) is 12.5 Å². The molecular weight excluding hydrogens is 308 g/mol. The lowest BCUT2D eigenvalue weighted by Gasteiger charge is -2.05. The first-order chi connectivity index (χ1) is 10.7. The van der Waals surface area contributed by atoms with E-state index < -0.39 is 0 Å². The van der Waals surface area contributed by atoms with Gasteiger partial charge in [-0.2, -0.15) is 0 Å². The summed E-state index contributed by atoms with van der Waals surface area (Å²) in [6.45, 7) is 3.05. The summed E-state index contributed by atoms with van der Waals surface area (Å²) >= 11 is 0. The van der Waals surface area contributed by atoms with Crippen molar-refractivity contribution in [1.29, 1.82) is 0 Å². The van der Waals surface area contributed by atoms with Gasteiger partial charge in [0.25, 0.3) is 5.91 Å². The zero-order chi connectivity index (χ0) is 16.0. The maximum Gasteiger partial charge on any atom is 0.251 e. The number of halogens is 1. The number of carbonyl (C=O) groups is 1. The van der Waals surface area contributed by atoms with Crippen LogP contribution >= 0.6 is 0 Å². The Kier molecular flexibility index (Phi) is 13.8. The van der Waals surface area contributed by atoms with Crippen molar-refractivity contribution in [2.75, 3.05) is 6.54 Å². The number of hydrogen-bond donors (Lipinski definition) is 1. The lowest BCUT2D eigenvalue weighted by atomic mass is 10.1. The summed E-state index contributed by atoms with van der Waals surface area (Å²) in [6.07, 6.45) is 17.0. The van der Waals surface area contributed by atoms with Gasteiger partial charge in [0.2, 0.25) is 0 Å². The van der Waals surface area contributed by atoms with Crippen LogP contribution in [0.25, 0.3) is 0 Å². The first-order valence-corrected chi connectivity index (χ1v) is 8.97. The molecule has 0 aliphatic heterocycles. The summed E-state index contributed by atoms with van der Waals surface area (Å²) in [7, 11) is 1.95. The van der Waals surface area contributed by atoms with Crippen LogP contribution in [0.1, 0.15) is 81.5 Å². The van der Waals surface area contributed by atoms with Gasteiger partial charge < -0.3 is 17.7 Å². The average molecular weight is 341 g/mol. The van der Waals surface area contributed by atoms with Crippen molar-refractivity contribution < 1.29 is 21.8 Å². The second kappa shape index (κ2) is 14.5. The summed E-state index contributed by atoms with van der Waals surface area (Å²) in [5.74, 6) is 0.0384. The normalized spacial score (nSPS) is 10.2. The zero-order valence-electron chi connectivity index (χ0n) is 14.8. The minimum Gasteiger partial charge on any atom is -1.00 e. The van der Waals surface area contributed by atoms with E-state index in [1.807, 2.05) is 36.1 Å². The van der Waals surface area contributed by atoms with Crippen molar-refractivity contribution >= 4 is 5.91 Å². The molecule has 0 bridgehead atoms. The number of unbranched alkanes of at least 4 members (excludes halogenated alkanes) is 9. The first kappa shape index (κ1) is 21.9. The molecule has 3 nitrogen and oxygen atoms in total. The van der Waals surface area contributed by atoms with Gasteiger partial charge in [-0.15, -0.1) is 0 Å². The van der Waals surface area contributed by atoms with Crippen molar-refractivity contribution in [3.05, 3.63) is 30.1 Å². The number of hydrogen-bond acceptors (Lipinski definition) is 1. The molecule has 1 aromatic rings. The summed E-state index contributed by atoms with van der Waals surface area (Å²) in [6, 6.07) is 3.71. The topological polar surface area (TPSA) is 33.0 Å². The Labute approximate surface area is 148 Å². The summed E-state index contributed by atoms with van der Waals surface area (Å²) in [5.41, 5.74) is 0.741. The van der Waals surface area contributed by atoms with Crippen molar-refractivity contribution in [2.24, 2.45) is 7.05 Å². The molecule has 0 aliphatic carbocycles. The zero-order valence-corrected chi connectivity index (χ0v) is 15.6. The minimum atomic E-state index is 0. The van der Waals surface area contributed by atoms with E-state index in [0.717, 1.165) is 18.5 Å². The van der Waals surface area contributed by atoms with Gasteiger partial charge in [-0.1, -0.05) is 64.7 Å². The van der Waals surface area contributed by atoms with Gasteiger partial charge in [0, 0.05) is 18.7 Å². The second-order valence-electron chi connectivity index (χ2n) is 6.19. The van der Waals surface area contributed by atoms with Crippen LogP contribution in [0, 0.1) is 0 Å². The molecule has 0 radical (unpaired) electrons. The molecule has 1 N–H and O–H groups in total. The number of aryl methyl sites for hydroxylation is 1. The molecule has 4 heteroatoms. The molecule has 1 aromatic heterocycles. The summed E-state index contributed by atoms with van der Waals surface area (Å²) < 4.78 is 1.93. The minimum absolute atomic E-state index is 0. The van der Waals surface area contributed by atoms with E-state index in [-0.39, 0.29) is 18.3 Å².